The van der Waals surface area contributed by atoms with Crippen molar-refractivity contribution >= 4 is 0 Å². The predicted octanol–water partition coefficient (Wildman–Crippen LogP) is 1.99. The first-order valence-corrected chi connectivity index (χ1v) is 8.51. The molecule has 1 aliphatic carbocycles. The average Bonchev–Trinajstić information content (AvgIpc) is 3.27. The fourth-order valence-electron chi connectivity index (χ4n) is 3.28. The van der Waals surface area contributed by atoms with Crippen molar-refractivity contribution < 1.29 is 0 Å². The second-order valence-corrected chi connectivity index (χ2v) is 6.69. The highest BCUT2D eigenvalue weighted by atomic mass is 15.2. The lowest BCUT2D eigenvalue weighted by atomic mass is 10.1. The van der Waals surface area contributed by atoms with Gasteiger partial charge in [0.15, 0.2) is 0 Å². The zero-order valence-electron chi connectivity index (χ0n) is 13.3. The van der Waals surface area contributed by atoms with Crippen LogP contribution in [0.25, 0.3) is 0 Å². The van der Waals surface area contributed by atoms with Gasteiger partial charge in [-0.15, -0.1) is 0 Å². The van der Waals surface area contributed by atoms with Crippen molar-refractivity contribution in [2.75, 3.05) is 39.8 Å². The summed E-state index contributed by atoms with van der Waals surface area (Å²) in [5.74, 6) is 0. The van der Waals surface area contributed by atoms with E-state index in [0.717, 1.165) is 12.6 Å². The number of rotatable bonds is 8. The molecule has 3 heteroatoms. The minimum Gasteiger partial charge on any atom is -0.311 e. The fourth-order valence-corrected chi connectivity index (χ4v) is 3.28. The molecule has 0 aromatic heterocycles. The van der Waals surface area contributed by atoms with Gasteiger partial charge in [-0.2, -0.15) is 0 Å². The molecule has 1 unspecified atom stereocenters. The Hall–Kier alpha value is -0.900. The molecule has 0 bridgehead atoms. The number of benzene rings is 1. The molecule has 2 fully saturated rings. The summed E-state index contributed by atoms with van der Waals surface area (Å²) in [6, 6.07) is 12.4. The molecule has 1 saturated heterocycles. The molecule has 1 N–H and O–H groups in total. The van der Waals surface area contributed by atoms with Gasteiger partial charge in [-0.1, -0.05) is 30.3 Å². The molecule has 116 valence electrons. The van der Waals surface area contributed by atoms with Crippen molar-refractivity contribution in [3.63, 3.8) is 0 Å². The highest BCUT2D eigenvalue weighted by Gasteiger charge is 2.26. The van der Waals surface area contributed by atoms with Crippen LogP contribution in [0.4, 0.5) is 0 Å². The minimum atomic E-state index is 0.702. The van der Waals surface area contributed by atoms with Crippen LogP contribution in [0.3, 0.4) is 0 Å². The normalized spacial score (nSPS) is 23.0. The third-order valence-electron chi connectivity index (χ3n) is 4.90. The summed E-state index contributed by atoms with van der Waals surface area (Å²) in [6.45, 7) is 6.02. The van der Waals surface area contributed by atoms with Gasteiger partial charge in [0.1, 0.15) is 0 Å². The number of nitrogens with zero attached hydrogens (tertiary/aromatic N) is 2. The van der Waals surface area contributed by atoms with Gasteiger partial charge in [-0.25, -0.2) is 0 Å². The third-order valence-corrected chi connectivity index (χ3v) is 4.90. The van der Waals surface area contributed by atoms with E-state index in [1.54, 1.807) is 0 Å². The topological polar surface area (TPSA) is 18.5 Å². The first-order valence-electron chi connectivity index (χ1n) is 8.51. The average molecular weight is 287 g/mol. The lowest BCUT2D eigenvalue weighted by molar-refractivity contribution is 0.305. The van der Waals surface area contributed by atoms with Crippen molar-refractivity contribution in [1.29, 1.82) is 0 Å². The zero-order chi connectivity index (χ0) is 14.5. The highest BCUT2D eigenvalue weighted by molar-refractivity contribution is 5.14. The van der Waals surface area contributed by atoms with E-state index in [-0.39, 0.29) is 0 Å². The first kappa shape index (κ1) is 15.0. The molecule has 3 nitrogen and oxygen atoms in total. The Bertz CT molecular complexity index is 416. The van der Waals surface area contributed by atoms with E-state index >= 15 is 0 Å². The van der Waals surface area contributed by atoms with E-state index < -0.39 is 0 Å². The summed E-state index contributed by atoms with van der Waals surface area (Å²) in [5.41, 5.74) is 1.46. The highest BCUT2D eigenvalue weighted by Crippen LogP contribution is 2.24. The van der Waals surface area contributed by atoms with Crippen molar-refractivity contribution in [2.24, 2.45) is 0 Å². The predicted molar refractivity (Wildman–Crippen MR) is 88.6 cm³/mol. The zero-order valence-corrected chi connectivity index (χ0v) is 13.3. The Morgan fingerprint density at radius 3 is 2.76 bits per heavy atom. The van der Waals surface area contributed by atoms with Crippen LogP contribution in [0.15, 0.2) is 30.3 Å². The molecular weight excluding hydrogens is 258 g/mol. The summed E-state index contributed by atoms with van der Waals surface area (Å²) in [6.07, 6.45) is 5.31. The molecule has 2 aliphatic rings. The summed E-state index contributed by atoms with van der Waals surface area (Å²) in [7, 11) is 2.26. The Morgan fingerprint density at radius 2 is 2.00 bits per heavy atom. The Kier molecular flexibility index (Phi) is 5.28. The number of nitrogens with one attached hydrogen (secondary N) is 1. The molecule has 1 atom stereocenters. The van der Waals surface area contributed by atoms with E-state index in [1.807, 2.05) is 0 Å². The second kappa shape index (κ2) is 7.39. The molecule has 1 saturated carbocycles. The molecule has 0 radical (unpaired) electrons. The van der Waals surface area contributed by atoms with Crippen LogP contribution in [-0.2, 0) is 6.42 Å². The standard InChI is InChI=1S/C18H29N3/c1-20(18-7-8-18)14-11-19-17-10-13-21(15-17)12-9-16-5-3-2-4-6-16/h2-6,17-19H,7-15H2,1H3. The van der Waals surface area contributed by atoms with Crippen LogP contribution < -0.4 is 5.32 Å². The van der Waals surface area contributed by atoms with Gasteiger partial charge in [0, 0.05) is 38.3 Å². The fraction of sp³-hybridized carbons (Fsp3) is 0.667. The van der Waals surface area contributed by atoms with Gasteiger partial charge >= 0.3 is 0 Å². The molecular formula is C18H29N3. The summed E-state index contributed by atoms with van der Waals surface area (Å²) >= 11 is 0. The lowest BCUT2D eigenvalue weighted by Crippen LogP contribution is -2.38. The van der Waals surface area contributed by atoms with E-state index in [9.17, 15) is 0 Å². The van der Waals surface area contributed by atoms with Crippen molar-refractivity contribution in [2.45, 2.75) is 37.8 Å². The van der Waals surface area contributed by atoms with Crippen LogP contribution in [-0.4, -0.2) is 61.7 Å². The smallest absolute Gasteiger partial charge is 0.0207 e. The van der Waals surface area contributed by atoms with Gasteiger partial charge in [-0.3, -0.25) is 0 Å². The van der Waals surface area contributed by atoms with Crippen LogP contribution in [0.2, 0.25) is 0 Å². The Morgan fingerprint density at radius 1 is 1.19 bits per heavy atom. The molecule has 1 aromatic rings. The molecule has 0 spiro atoms. The number of hydrogen-bond acceptors (Lipinski definition) is 3. The van der Waals surface area contributed by atoms with Crippen LogP contribution in [0.5, 0.6) is 0 Å². The Labute approximate surface area is 129 Å². The quantitative estimate of drug-likeness (QED) is 0.789. The lowest BCUT2D eigenvalue weighted by Gasteiger charge is -2.19. The number of likely N-dealkylation sites (N-methyl/N-ethyl adjacent to an activating group) is 1. The maximum absolute atomic E-state index is 3.74. The minimum absolute atomic E-state index is 0.702. The second-order valence-electron chi connectivity index (χ2n) is 6.69. The van der Waals surface area contributed by atoms with Gasteiger partial charge in [-0.05, 0) is 44.8 Å². The molecule has 1 aromatic carbocycles. The van der Waals surface area contributed by atoms with Crippen LogP contribution >= 0.6 is 0 Å². The maximum atomic E-state index is 3.74. The van der Waals surface area contributed by atoms with Crippen molar-refractivity contribution in [1.82, 2.24) is 15.1 Å². The van der Waals surface area contributed by atoms with Gasteiger partial charge < -0.3 is 15.1 Å². The van der Waals surface area contributed by atoms with E-state index in [4.69, 9.17) is 0 Å². The Balaban J connectivity index is 1.30. The molecule has 3 rings (SSSR count). The summed E-state index contributed by atoms with van der Waals surface area (Å²) < 4.78 is 0. The van der Waals surface area contributed by atoms with Gasteiger partial charge in [0.25, 0.3) is 0 Å². The van der Waals surface area contributed by atoms with E-state index in [2.05, 4.69) is 52.5 Å². The maximum Gasteiger partial charge on any atom is 0.0207 e. The van der Waals surface area contributed by atoms with E-state index in [0.29, 0.717) is 6.04 Å². The monoisotopic (exact) mass is 287 g/mol. The van der Waals surface area contributed by atoms with Crippen LogP contribution in [0, 0.1) is 0 Å². The van der Waals surface area contributed by atoms with Gasteiger partial charge in [0.2, 0.25) is 0 Å². The number of likely N-dealkylation sites (tertiary alicyclic amines) is 1. The molecule has 1 heterocycles. The van der Waals surface area contributed by atoms with Gasteiger partial charge in [0.05, 0.1) is 0 Å². The molecule has 1 aliphatic heterocycles. The SMILES string of the molecule is CN(CCNC1CCN(CCc2ccccc2)C1)C1CC1. The third kappa shape index (κ3) is 4.80. The first-order chi connectivity index (χ1) is 10.3. The largest absolute Gasteiger partial charge is 0.311 e. The van der Waals surface area contributed by atoms with Crippen LogP contribution in [0.1, 0.15) is 24.8 Å². The molecule has 0 amide bonds. The molecule has 21 heavy (non-hydrogen) atoms. The van der Waals surface area contributed by atoms with Crippen molar-refractivity contribution in [3.8, 4) is 0 Å². The van der Waals surface area contributed by atoms with E-state index in [1.165, 1.54) is 57.4 Å². The summed E-state index contributed by atoms with van der Waals surface area (Å²) in [4.78, 5) is 5.12. The summed E-state index contributed by atoms with van der Waals surface area (Å²) in [5, 5.41) is 3.74. The van der Waals surface area contributed by atoms with Crippen molar-refractivity contribution in [3.05, 3.63) is 35.9 Å². The number of hydrogen-bond donors (Lipinski definition) is 1.